The normalized spacial score (nSPS) is 12.2. The van der Waals surface area contributed by atoms with Gasteiger partial charge in [0, 0.05) is 25.8 Å². The molecule has 0 unspecified atom stereocenters. The van der Waals surface area contributed by atoms with E-state index in [4.69, 9.17) is 0 Å². The largest absolute Gasteiger partial charge is 0.342 e. The molecule has 0 aromatic heterocycles. The molecule has 17 heavy (non-hydrogen) atoms. The average molecular weight is 263 g/mol. The number of carbonyl (C=O) groups excluding carboxylic acids is 1. The van der Waals surface area contributed by atoms with Gasteiger partial charge in [-0.25, -0.2) is 8.42 Å². The smallest absolute Gasteiger partial charge is 0.223 e. The van der Waals surface area contributed by atoms with Crippen LogP contribution in [-0.2, 0) is 14.6 Å². The summed E-state index contributed by atoms with van der Waals surface area (Å²) in [7, 11) is -3.06. The fourth-order valence-electron chi connectivity index (χ4n) is 1.59. The summed E-state index contributed by atoms with van der Waals surface area (Å²) in [5.74, 6) is 0.683. The summed E-state index contributed by atoms with van der Waals surface area (Å²) in [6.45, 7) is 9.60. The number of sulfone groups is 1. The van der Waals surface area contributed by atoms with Crippen LogP contribution < -0.4 is 0 Å². The molecule has 0 aromatic rings. The van der Waals surface area contributed by atoms with Gasteiger partial charge >= 0.3 is 0 Å². The Labute approximate surface area is 105 Å². The topological polar surface area (TPSA) is 54.5 Å². The summed E-state index contributed by atoms with van der Waals surface area (Å²) in [5, 5.41) is 0. The van der Waals surface area contributed by atoms with Crippen molar-refractivity contribution in [2.75, 3.05) is 25.1 Å². The van der Waals surface area contributed by atoms with Crippen LogP contribution in [-0.4, -0.2) is 44.3 Å². The number of hydrogen-bond donors (Lipinski definition) is 0. The predicted octanol–water partition coefficient (Wildman–Crippen LogP) is 1.56. The molecule has 0 saturated carbocycles. The number of amides is 1. The van der Waals surface area contributed by atoms with Crippen LogP contribution >= 0.6 is 0 Å². The Hall–Kier alpha value is -0.580. The number of carbonyl (C=O) groups is 1. The summed E-state index contributed by atoms with van der Waals surface area (Å²) in [6, 6.07) is 0. The molecule has 0 heterocycles. The number of nitrogens with zero attached hydrogens (tertiary/aromatic N) is 1. The van der Waals surface area contributed by atoms with Gasteiger partial charge in [0.1, 0.15) is 9.84 Å². The van der Waals surface area contributed by atoms with Crippen molar-refractivity contribution >= 4 is 15.7 Å². The SMILES string of the molecule is CC(C)CN(CC(C)C)C(=O)CCS(C)(=O)=O. The Morgan fingerprint density at radius 2 is 1.47 bits per heavy atom. The van der Waals surface area contributed by atoms with E-state index in [0.717, 1.165) is 6.26 Å². The lowest BCUT2D eigenvalue weighted by Crippen LogP contribution is -2.37. The van der Waals surface area contributed by atoms with Crippen LogP contribution in [0.4, 0.5) is 0 Å². The lowest BCUT2D eigenvalue weighted by molar-refractivity contribution is -0.131. The van der Waals surface area contributed by atoms with E-state index in [1.54, 1.807) is 4.90 Å². The summed E-state index contributed by atoms with van der Waals surface area (Å²) in [4.78, 5) is 13.7. The van der Waals surface area contributed by atoms with Crippen molar-refractivity contribution < 1.29 is 13.2 Å². The molecular weight excluding hydrogens is 238 g/mol. The third kappa shape index (κ3) is 9.15. The maximum atomic E-state index is 11.9. The first kappa shape index (κ1) is 16.4. The van der Waals surface area contributed by atoms with Crippen LogP contribution in [0.5, 0.6) is 0 Å². The summed E-state index contributed by atoms with van der Waals surface area (Å²) >= 11 is 0. The Kier molecular flexibility index (Phi) is 6.75. The van der Waals surface area contributed by atoms with E-state index in [-0.39, 0.29) is 18.1 Å². The van der Waals surface area contributed by atoms with Gasteiger partial charge in [0.25, 0.3) is 0 Å². The molecular formula is C12H25NO3S. The molecule has 0 spiro atoms. The highest BCUT2D eigenvalue weighted by Crippen LogP contribution is 2.06. The third-order valence-electron chi connectivity index (χ3n) is 2.21. The Morgan fingerprint density at radius 1 is 1.06 bits per heavy atom. The van der Waals surface area contributed by atoms with E-state index in [2.05, 4.69) is 27.7 Å². The molecule has 5 heteroatoms. The van der Waals surface area contributed by atoms with Crippen LogP contribution in [0.2, 0.25) is 0 Å². The van der Waals surface area contributed by atoms with Crippen LogP contribution in [0.15, 0.2) is 0 Å². The zero-order chi connectivity index (χ0) is 13.6. The van der Waals surface area contributed by atoms with Gasteiger partial charge in [-0.3, -0.25) is 4.79 Å². The summed E-state index contributed by atoms with van der Waals surface area (Å²) in [5.41, 5.74) is 0. The molecule has 0 bridgehead atoms. The van der Waals surface area contributed by atoms with Gasteiger partial charge < -0.3 is 4.90 Å². The molecule has 1 amide bonds. The summed E-state index contributed by atoms with van der Waals surface area (Å²) < 4.78 is 22.1. The molecule has 0 aliphatic carbocycles. The van der Waals surface area contributed by atoms with Gasteiger partial charge in [0.2, 0.25) is 5.91 Å². The van der Waals surface area contributed by atoms with E-state index in [9.17, 15) is 13.2 Å². The molecule has 4 nitrogen and oxygen atoms in total. The van der Waals surface area contributed by atoms with E-state index in [1.807, 2.05) is 0 Å². The van der Waals surface area contributed by atoms with Crippen molar-refractivity contribution in [3.8, 4) is 0 Å². The minimum atomic E-state index is -3.06. The molecule has 0 N–H and O–H groups in total. The van der Waals surface area contributed by atoms with Crippen molar-refractivity contribution in [1.29, 1.82) is 0 Å². The van der Waals surface area contributed by atoms with Gasteiger partial charge in [-0.2, -0.15) is 0 Å². The lowest BCUT2D eigenvalue weighted by Gasteiger charge is -2.26. The van der Waals surface area contributed by atoms with Crippen LogP contribution in [0.1, 0.15) is 34.1 Å². The van der Waals surface area contributed by atoms with Crippen molar-refractivity contribution in [1.82, 2.24) is 4.90 Å². The van der Waals surface area contributed by atoms with Crippen molar-refractivity contribution in [2.24, 2.45) is 11.8 Å². The van der Waals surface area contributed by atoms with Gasteiger partial charge in [-0.05, 0) is 11.8 Å². The highest BCUT2D eigenvalue weighted by molar-refractivity contribution is 7.90. The monoisotopic (exact) mass is 263 g/mol. The highest BCUT2D eigenvalue weighted by atomic mass is 32.2. The number of hydrogen-bond acceptors (Lipinski definition) is 3. The fourth-order valence-corrected chi connectivity index (χ4v) is 2.14. The molecule has 0 fully saturated rings. The van der Waals surface area contributed by atoms with Gasteiger partial charge in [-0.15, -0.1) is 0 Å². The van der Waals surface area contributed by atoms with Crippen molar-refractivity contribution in [3.63, 3.8) is 0 Å². The van der Waals surface area contributed by atoms with E-state index in [0.29, 0.717) is 24.9 Å². The van der Waals surface area contributed by atoms with E-state index < -0.39 is 9.84 Å². The first-order chi connectivity index (χ1) is 7.61. The fraction of sp³-hybridized carbons (Fsp3) is 0.917. The quantitative estimate of drug-likeness (QED) is 0.700. The molecule has 0 saturated heterocycles. The highest BCUT2D eigenvalue weighted by Gasteiger charge is 2.17. The predicted molar refractivity (Wildman–Crippen MR) is 70.6 cm³/mol. The molecule has 102 valence electrons. The maximum Gasteiger partial charge on any atom is 0.223 e. The molecule has 0 aromatic carbocycles. The Balaban J connectivity index is 4.42. The maximum absolute atomic E-state index is 11.9. The minimum absolute atomic E-state index is 0.0570. The molecule has 0 atom stereocenters. The van der Waals surface area contributed by atoms with Gasteiger partial charge in [0.05, 0.1) is 5.75 Å². The first-order valence-corrected chi connectivity index (χ1v) is 8.13. The molecule has 0 radical (unpaired) electrons. The third-order valence-corrected chi connectivity index (χ3v) is 3.16. The van der Waals surface area contributed by atoms with Crippen molar-refractivity contribution in [2.45, 2.75) is 34.1 Å². The zero-order valence-corrected chi connectivity index (χ0v) is 12.4. The minimum Gasteiger partial charge on any atom is -0.342 e. The Bertz CT molecular complexity index is 324. The number of rotatable bonds is 7. The van der Waals surface area contributed by atoms with Crippen LogP contribution in [0.25, 0.3) is 0 Å². The zero-order valence-electron chi connectivity index (χ0n) is 11.6. The van der Waals surface area contributed by atoms with Crippen molar-refractivity contribution in [3.05, 3.63) is 0 Å². The first-order valence-electron chi connectivity index (χ1n) is 6.07. The van der Waals surface area contributed by atoms with Crippen LogP contribution in [0.3, 0.4) is 0 Å². The van der Waals surface area contributed by atoms with Crippen LogP contribution in [0, 0.1) is 11.8 Å². The molecule has 0 aliphatic heterocycles. The van der Waals surface area contributed by atoms with Gasteiger partial charge in [0.15, 0.2) is 0 Å². The van der Waals surface area contributed by atoms with E-state index >= 15 is 0 Å². The second kappa shape index (κ2) is 6.99. The summed E-state index contributed by atoms with van der Waals surface area (Å²) in [6.07, 6.45) is 1.26. The standard InChI is InChI=1S/C12H25NO3S/c1-10(2)8-13(9-11(3)4)12(14)6-7-17(5,15)16/h10-11H,6-9H2,1-5H3. The Morgan fingerprint density at radius 3 is 1.76 bits per heavy atom. The van der Waals surface area contributed by atoms with Gasteiger partial charge in [-0.1, -0.05) is 27.7 Å². The average Bonchev–Trinajstić information content (AvgIpc) is 2.10. The second-order valence-corrected chi connectivity index (χ2v) is 7.73. The molecule has 0 rings (SSSR count). The van der Waals surface area contributed by atoms with E-state index in [1.165, 1.54) is 0 Å². The lowest BCUT2D eigenvalue weighted by atomic mass is 10.1. The second-order valence-electron chi connectivity index (χ2n) is 5.47. The molecule has 0 aliphatic rings.